The third-order valence-electron chi connectivity index (χ3n) is 5.80. The van der Waals surface area contributed by atoms with E-state index in [-0.39, 0.29) is 17.9 Å². The second-order valence-corrected chi connectivity index (χ2v) is 7.38. The first-order chi connectivity index (χ1) is 11.7. The Hall–Kier alpha value is -1.39. The van der Waals surface area contributed by atoms with Crippen molar-refractivity contribution < 1.29 is 4.79 Å². The maximum Gasteiger partial charge on any atom is 0.227 e. The minimum absolute atomic E-state index is 0.168. The molecule has 3 rings (SSSR count). The third-order valence-corrected chi connectivity index (χ3v) is 5.80. The van der Waals surface area contributed by atoms with Crippen LogP contribution in [0.5, 0.6) is 0 Å². The highest BCUT2D eigenvalue weighted by Gasteiger charge is 2.31. The highest BCUT2D eigenvalue weighted by molar-refractivity contribution is 5.79. The van der Waals surface area contributed by atoms with E-state index in [9.17, 15) is 4.79 Å². The molecule has 2 atom stereocenters. The van der Waals surface area contributed by atoms with Crippen molar-refractivity contribution in [3.05, 3.63) is 35.9 Å². The van der Waals surface area contributed by atoms with Gasteiger partial charge in [-0.15, -0.1) is 0 Å². The zero-order valence-corrected chi connectivity index (χ0v) is 14.9. The molecule has 1 amide bonds. The van der Waals surface area contributed by atoms with Gasteiger partial charge in [0.05, 0.1) is 5.92 Å². The fraction of sp³-hybridized carbons (Fsp3) is 0.650. The smallest absolute Gasteiger partial charge is 0.227 e. The van der Waals surface area contributed by atoms with Gasteiger partial charge in [-0.25, -0.2) is 0 Å². The molecule has 4 nitrogen and oxygen atoms in total. The van der Waals surface area contributed by atoms with Crippen LogP contribution >= 0.6 is 0 Å². The average molecular weight is 329 g/mol. The number of carbonyl (C=O) groups excluding carboxylic acids is 1. The normalized spacial score (nSPS) is 23.0. The van der Waals surface area contributed by atoms with Crippen molar-refractivity contribution in [1.29, 1.82) is 0 Å². The molecule has 2 heterocycles. The molecule has 132 valence electrons. The van der Waals surface area contributed by atoms with Crippen molar-refractivity contribution in [2.75, 3.05) is 26.2 Å². The molecule has 0 saturated carbocycles. The number of carbonyl (C=O) groups is 1. The van der Waals surface area contributed by atoms with E-state index < -0.39 is 0 Å². The predicted octanol–water partition coefficient (Wildman–Crippen LogP) is 2.80. The predicted molar refractivity (Wildman–Crippen MR) is 97.6 cm³/mol. The van der Waals surface area contributed by atoms with E-state index >= 15 is 0 Å². The Morgan fingerprint density at radius 3 is 2.29 bits per heavy atom. The highest BCUT2D eigenvalue weighted by Crippen LogP contribution is 2.25. The fourth-order valence-electron chi connectivity index (χ4n) is 4.14. The first-order valence-electron chi connectivity index (χ1n) is 9.50. The monoisotopic (exact) mass is 329 g/mol. The van der Waals surface area contributed by atoms with Crippen LogP contribution in [0.1, 0.15) is 50.6 Å². The van der Waals surface area contributed by atoms with Gasteiger partial charge >= 0.3 is 0 Å². The zero-order chi connectivity index (χ0) is 16.9. The van der Waals surface area contributed by atoms with Crippen LogP contribution in [0.25, 0.3) is 0 Å². The number of hydrogen-bond donors (Lipinski definition) is 1. The molecule has 2 unspecified atom stereocenters. The van der Waals surface area contributed by atoms with Crippen LogP contribution in [0.3, 0.4) is 0 Å². The molecule has 24 heavy (non-hydrogen) atoms. The van der Waals surface area contributed by atoms with Gasteiger partial charge in [-0.05, 0) is 44.3 Å². The molecule has 1 aromatic carbocycles. The molecule has 2 aliphatic rings. The van der Waals surface area contributed by atoms with E-state index in [1.165, 1.54) is 32.4 Å². The minimum atomic E-state index is -0.224. The van der Waals surface area contributed by atoms with Gasteiger partial charge in [0.1, 0.15) is 0 Å². The Kier molecular flexibility index (Phi) is 5.90. The maximum absolute atomic E-state index is 12.8. The number of rotatable bonds is 4. The lowest BCUT2D eigenvalue weighted by molar-refractivity contribution is -0.137. The molecular weight excluding hydrogens is 298 g/mol. The molecule has 2 saturated heterocycles. The summed E-state index contributed by atoms with van der Waals surface area (Å²) >= 11 is 0. The summed E-state index contributed by atoms with van der Waals surface area (Å²) in [5.41, 5.74) is 7.38. The number of hydrogen-bond acceptors (Lipinski definition) is 3. The molecule has 2 fully saturated rings. The quantitative estimate of drug-likeness (QED) is 0.924. The molecule has 0 aliphatic carbocycles. The van der Waals surface area contributed by atoms with Crippen LogP contribution in [0.4, 0.5) is 0 Å². The van der Waals surface area contributed by atoms with E-state index in [1.807, 2.05) is 42.2 Å². The number of benzene rings is 1. The molecule has 0 aromatic heterocycles. The number of amides is 1. The largest absolute Gasteiger partial charge is 0.342 e. The van der Waals surface area contributed by atoms with Gasteiger partial charge in [-0.2, -0.15) is 0 Å². The Morgan fingerprint density at radius 2 is 1.67 bits per heavy atom. The lowest BCUT2D eigenvalue weighted by atomic mass is 9.92. The van der Waals surface area contributed by atoms with Crippen LogP contribution in [-0.2, 0) is 4.79 Å². The Morgan fingerprint density at radius 1 is 1.04 bits per heavy atom. The first kappa shape index (κ1) is 17.4. The Labute approximate surface area is 146 Å². The van der Waals surface area contributed by atoms with Gasteiger partial charge in [0, 0.05) is 25.2 Å². The summed E-state index contributed by atoms with van der Waals surface area (Å²) in [5, 5.41) is 0. The van der Waals surface area contributed by atoms with Gasteiger partial charge in [-0.3, -0.25) is 4.79 Å². The van der Waals surface area contributed by atoms with Crippen molar-refractivity contribution in [3.63, 3.8) is 0 Å². The van der Waals surface area contributed by atoms with E-state index in [1.54, 1.807) is 0 Å². The molecule has 2 aliphatic heterocycles. The molecule has 0 spiro atoms. The van der Waals surface area contributed by atoms with Crippen molar-refractivity contribution in [2.45, 2.75) is 51.1 Å². The Balaban J connectivity index is 1.52. The summed E-state index contributed by atoms with van der Waals surface area (Å²) < 4.78 is 0. The van der Waals surface area contributed by atoms with E-state index in [4.69, 9.17) is 5.73 Å². The topological polar surface area (TPSA) is 49.6 Å². The van der Waals surface area contributed by atoms with Crippen molar-refractivity contribution in [1.82, 2.24) is 9.80 Å². The molecular formula is C20H31N3O. The third kappa shape index (κ3) is 3.98. The number of nitrogens with zero attached hydrogens (tertiary/aromatic N) is 2. The molecule has 2 N–H and O–H groups in total. The summed E-state index contributed by atoms with van der Waals surface area (Å²) in [6.07, 6.45) is 6.27. The van der Waals surface area contributed by atoms with Crippen molar-refractivity contribution in [2.24, 2.45) is 11.7 Å². The maximum atomic E-state index is 12.8. The highest BCUT2D eigenvalue weighted by atomic mass is 16.2. The molecule has 4 heteroatoms. The average Bonchev–Trinajstić information content (AvgIpc) is 2.68. The van der Waals surface area contributed by atoms with Crippen LogP contribution in [0, 0.1) is 5.92 Å². The van der Waals surface area contributed by atoms with E-state index in [0.717, 1.165) is 31.5 Å². The number of piperidine rings is 2. The van der Waals surface area contributed by atoms with Crippen LogP contribution in [0.15, 0.2) is 30.3 Å². The zero-order valence-electron chi connectivity index (χ0n) is 14.9. The first-order valence-corrected chi connectivity index (χ1v) is 9.50. The number of nitrogens with two attached hydrogens (primary N) is 1. The summed E-state index contributed by atoms with van der Waals surface area (Å²) in [6, 6.07) is 10.4. The SMILES string of the molecule is CC(C(=O)N1CCC(N2CCCCC2)CC1)C(N)c1ccccc1. The standard InChI is InChI=1S/C20H31N3O/c1-16(19(21)17-8-4-2-5-9-17)20(24)23-14-10-18(11-15-23)22-12-6-3-7-13-22/h2,4-5,8-9,16,18-19H,3,6-7,10-15,21H2,1H3. The summed E-state index contributed by atoms with van der Waals surface area (Å²) in [5.74, 6) is 0.0439. The van der Waals surface area contributed by atoms with E-state index in [2.05, 4.69) is 4.90 Å². The van der Waals surface area contributed by atoms with Crippen LogP contribution in [-0.4, -0.2) is 47.9 Å². The van der Waals surface area contributed by atoms with Gasteiger partial charge in [0.25, 0.3) is 0 Å². The van der Waals surface area contributed by atoms with Crippen LogP contribution in [0.2, 0.25) is 0 Å². The molecule has 1 aromatic rings. The summed E-state index contributed by atoms with van der Waals surface area (Å²) in [7, 11) is 0. The molecule has 0 radical (unpaired) electrons. The molecule has 0 bridgehead atoms. The second-order valence-electron chi connectivity index (χ2n) is 7.38. The second kappa shape index (κ2) is 8.13. The van der Waals surface area contributed by atoms with Gasteiger partial charge in [-0.1, -0.05) is 43.7 Å². The summed E-state index contributed by atoms with van der Waals surface area (Å²) in [4.78, 5) is 17.5. The summed E-state index contributed by atoms with van der Waals surface area (Å²) in [6.45, 7) is 6.22. The minimum Gasteiger partial charge on any atom is -0.342 e. The van der Waals surface area contributed by atoms with Crippen LogP contribution < -0.4 is 5.73 Å². The van der Waals surface area contributed by atoms with Crippen molar-refractivity contribution in [3.8, 4) is 0 Å². The lowest BCUT2D eigenvalue weighted by Crippen LogP contribution is -2.50. The van der Waals surface area contributed by atoms with E-state index in [0.29, 0.717) is 6.04 Å². The lowest BCUT2D eigenvalue weighted by Gasteiger charge is -2.41. The number of likely N-dealkylation sites (tertiary alicyclic amines) is 2. The van der Waals surface area contributed by atoms with Crippen molar-refractivity contribution >= 4 is 5.91 Å². The Bertz CT molecular complexity index is 519. The van der Waals surface area contributed by atoms with Gasteiger partial charge < -0.3 is 15.5 Å². The van der Waals surface area contributed by atoms with Gasteiger partial charge in [0.2, 0.25) is 5.91 Å². The fourth-order valence-corrected chi connectivity index (χ4v) is 4.14. The van der Waals surface area contributed by atoms with Gasteiger partial charge in [0.15, 0.2) is 0 Å².